The molecular formula is C27H34ClN5O6. The van der Waals surface area contributed by atoms with Gasteiger partial charge >= 0.3 is 12.0 Å². The predicted octanol–water partition coefficient (Wildman–Crippen LogP) is 2.65. The van der Waals surface area contributed by atoms with E-state index in [4.69, 9.17) is 11.6 Å². The predicted molar refractivity (Wildman–Crippen MR) is 147 cm³/mol. The number of likely N-dealkylation sites (tertiary alicyclic amines) is 1. The number of β-amino-alcohol motifs (C(OH)–C–C–N with tert-alkyl or cyclic N) is 1. The standard InChI is InChI=1S/C27H34ClN5O6/c1-16(2)11-22(26(37)38)29-14-24(35)30-13-17-3-7-19(8-4-17)31-25(36)23-12-21(34)15-33(23)27(39)32-20-9-5-18(28)6-10-20/h3-10,16,21-23,29,34H,11-15H2,1-2H3,(H,30,35)(H,31,36)(H,32,39)(H,37,38)/t21-,22-,23?/m1/s1. The number of aliphatic hydroxyl groups excluding tert-OH is 1. The van der Waals surface area contributed by atoms with Crippen LogP contribution < -0.4 is 21.3 Å². The number of carbonyl (C=O) groups is 4. The Balaban J connectivity index is 1.49. The van der Waals surface area contributed by atoms with Gasteiger partial charge in [-0.1, -0.05) is 37.6 Å². The largest absolute Gasteiger partial charge is 0.480 e. The lowest BCUT2D eigenvalue weighted by atomic mass is 10.0. The van der Waals surface area contributed by atoms with E-state index in [1.165, 1.54) is 4.90 Å². The summed E-state index contributed by atoms with van der Waals surface area (Å²) in [6.45, 7) is 3.96. The Labute approximate surface area is 231 Å². The van der Waals surface area contributed by atoms with Gasteiger partial charge in [-0.25, -0.2) is 4.79 Å². The highest BCUT2D eigenvalue weighted by Crippen LogP contribution is 2.22. The molecule has 1 unspecified atom stereocenters. The lowest BCUT2D eigenvalue weighted by molar-refractivity contribution is -0.140. The minimum atomic E-state index is -0.994. The zero-order valence-electron chi connectivity index (χ0n) is 21.8. The van der Waals surface area contributed by atoms with Crippen LogP contribution >= 0.6 is 11.6 Å². The molecule has 1 saturated heterocycles. The Morgan fingerprint density at radius 3 is 2.23 bits per heavy atom. The summed E-state index contributed by atoms with van der Waals surface area (Å²) in [4.78, 5) is 50.5. The molecule has 210 valence electrons. The molecule has 12 heteroatoms. The number of nitrogens with one attached hydrogen (secondary N) is 4. The van der Waals surface area contributed by atoms with E-state index in [1.807, 2.05) is 13.8 Å². The fourth-order valence-corrected chi connectivity index (χ4v) is 4.29. The maximum atomic E-state index is 12.9. The molecular weight excluding hydrogens is 526 g/mol. The number of hydrogen-bond acceptors (Lipinski definition) is 6. The number of hydrogen-bond donors (Lipinski definition) is 6. The van der Waals surface area contributed by atoms with Crippen molar-refractivity contribution >= 4 is 46.8 Å². The van der Waals surface area contributed by atoms with Gasteiger partial charge in [0.2, 0.25) is 11.8 Å². The normalized spacial score (nSPS) is 17.5. The summed E-state index contributed by atoms with van der Waals surface area (Å²) in [5, 5.41) is 30.9. The van der Waals surface area contributed by atoms with E-state index in [9.17, 15) is 29.4 Å². The summed E-state index contributed by atoms with van der Waals surface area (Å²) >= 11 is 5.88. The van der Waals surface area contributed by atoms with Gasteiger partial charge in [-0.05, 0) is 54.3 Å². The van der Waals surface area contributed by atoms with Crippen molar-refractivity contribution in [2.24, 2.45) is 5.92 Å². The van der Waals surface area contributed by atoms with Crippen LogP contribution in [0.4, 0.5) is 16.2 Å². The van der Waals surface area contributed by atoms with Crippen LogP contribution in [0, 0.1) is 5.92 Å². The van der Waals surface area contributed by atoms with Crippen molar-refractivity contribution < 1.29 is 29.4 Å². The second kappa shape index (κ2) is 13.9. The fraction of sp³-hybridized carbons (Fsp3) is 0.407. The molecule has 39 heavy (non-hydrogen) atoms. The van der Waals surface area contributed by atoms with Crippen LogP contribution in [0.1, 0.15) is 32.3 Å². The number of anilines is 2. The third-order valence-corrected chi connectivity index (χ3v) is 6.42. The smallest absolute Gasteiger partial charge is 0.322 e. The Morgan fingerprint density at radius 2 is 1.62 bits per heavy atom. The van der Waals surface area contributed by atoms with Gasteiger partial charge in [-0.2, -0.15) is 0 Å². The molecule has 1 fully saturated rings. The maximum Gasteiger partial charge on any atom is 0.322 e. The second-order valence-corrected chi connectivity index (χ2v) is 10.3. The molecule has 0 bridgehead atoms. The van der Waals surface area contributed by atoms with E-state index in [2.05, 4.69) is 21.3 Å². The molecule has 0 aromatic heterocycles. The van der Waals surface area contributed by atoms with Crippen LogP contribution in [0.3, 0.4) is 0 Å². The van der Waals surface area contributed by atoms with Crippen molar-refractivity contribution in [3.8, 4) is 0 Å². The van der Waals surface area contributed by atoms with Gasteiger partial charge in [0.25, 0.3) is 0 Å². The molecule has 2 aromatic carbocycles. The van der Waals surface area contributed by atoms with Gasteiger partial charge in [0.05, 0.1) is 12.6 Å². The molecule has 1 heterocycles. The molecule has 3 rings (SSSR count). The van der Waals surface area contributed by atoms with Gasteiger partial charge in [0.15, 0.2) is 0 Å². The molecule has 0 radical (unpaired) electrons. The number of nitrogens with zero attached hydrogens (tertiary/aromatic N) is 1. The first kappa shape index (κ1) is 29.9. The van der Waals surface area contributed by atoms with Crippen molar-refractivity contribution in [2.75, 3.05) is 23.7 Å². The van der Waals surface area contributed by atoms with E-state index in [0.29, 0.717) is 22.8 Å². The number of aliphatic carboxylic acids is 1. The Bertz CT molecular complexity index is 1160. The number of rotatable bonds is 11. The Morgan fingerprint density at radius 1 is 1.00 bits per heavy atom. The molecule has 4 amide bonds. The number of benzene rings is 2. The number of halogens is 1. The molecule has 11 nitrogen and oxygen atoms in total. The molecule has 0 aliphatic carbocycles. The van der Waals surface area contributed by atoms with Crippen molar-refractivity contribution in [1.29, 1.82) is 0 Å². The van der Waals surface area contributed by atoms with Gasteiger partial charge in [0.1, 0.15) is 12.1 Å². The SMILES string of the molecule is CC(C)C[C@@H](NCC(=O)NCc1ccc(NC(=O)C2C[C@@H](O)CN2C(=O)Nc2ccc(Cl)cc2)cc1)C(=O)O. The quantitative estimate of drug-likeness (QED) is 0.247. The van der Waals surface area contributed by atoms with Crippen molar-refractivity contribution in [3.05, 3.63) is 59.1 Å². The van der Waals surface area contributed by atoms with Crippen molar-refractivity contribution in [1.82, 2.24) is 15.5 Å². The second-order valence-electron chi connectivity index (χ2n) is 9.86. The van der Waals surface area contributed by atoms with Crippen LogP contribution in [-0.4, -0.2) is 70.2 Å². The highest BCUT2D eigenvalue weighted by molar-refractivity contribution is 6.30. The molecule has 6 N–H and O–H groups in total. The first-order valence-electron chi connectivity index (χ1n) is 12.7. The summed E-state index contributed by atoms with van der Waals surface area (Å²) < 4.78 is 0. The summed E-state index contributed by atoms with van der Waals surface area (Å²) in [5.74, 6) is -1.58. The van der Waals surface area contributed by atoms with Gasteiger partial charge < -0.3 is 31.1 Å². The van der Waals surface area contributed by atoms with Gasteiger partial charge in [-0.3, -0.25) is 19.7 Å². The number of carbonyl (C=O) groups excluding carboxylic acids is 3. The zero-order chi connectivity index (χ0) is 28.5. The van der Waals surface area contributed by atoms with Crippen LogP contribution in [0.5, 0.6) is 0 Å². The van der Waals surface area contributed by atoms with Crippen LogP contribution in [0.25, 0.3) is 0 Å². The molecule has 0 saturated carbocycles. The average Bonchev–Trinajstić information content (AvgIpc) is 3.29. The molecule has 0 spiro atoms. The highest BCUT2D eigenvalue weighted by atomic mass is 35.5. The Kier molecular flexibility index (Phi) is 10.7. The topological polar surface area (TPSA) is 160 Å². The minimum Gasteiger partial charge on any atom is -0.480 e. The van der Waals surface area contributed by atoms with Gasteiger partial charge in [0, 0.05) is 35.9 Å². The first-order valence-corrected chi connectivity index (χ1v) is 13.0. The molecule has 3 atom stereocenters. The summed E-state index contributed by atoms with van der Waals surface area (Å²) in [6.07, 6.45) is -0.299. The molecule has 2 aromatic rings. The number of carboxylic acid groups (broad SMARTS) is 1. The van der Waals surface area contributed by atoms with Crippen LogP contribution in [0.15, 0.2) is 48.5 Å². The lowest BCUT2D eigenvalue weighted by Crippen LogP contribution is -2.45. The number of carboxylic acids is 1. The van der Waals surface area contributed by atoms with Crippen molar-refractivity contribution in [2.45, 2.75) is 51.4 Å². The van der Waals surface area contributed by atoms with Crippen LogP contribution in [-0.2, 0) is 20.9 Å². The van der Waals surface area contributed by atoms with E-state index in [0.717, 1.165) is 5.56 Å². The third-order valence-electron chi connectivity index (χ3n) is 6.16. The average molecular weight is 560 g/mol. The zero-order valence-corrected chi connectivity index (χ0v) is 22.6. The monoisotopic (exact) mass is 559 g/mol. The summed E-state index contributed by atoms with van der Waals surface area (Å²) in [6, 6.07) is 11.2. The van der Waals surface area contributed by atoms with E-state index in [-0.39, 0.29) is 37.9 Å². The number of urea groups is 1. The number of amides is 4. The van der Waals surface area contributed by atoms with Crippen molar-refractivity contribution in [3.63, 3.8) is 0 Å². The van der Waals surface area contributed by atoms with E-state index < -0.39 is 36.1 Å². The van der Waals surface area contributed by atoms with E-state index >= 15 is 0 Å². The molecule has 1 aliphatic heterocycles. The minimum absolute atomic E-state index is 0.0235. The highest BCUT2D eigenvalue weighted by Gasteiger charge is 2.39. The van der Waals surface area contributed by atoms with Gasteiger partial charge in [-0.15, -0.1) is 0 Å². The van der Waals surface area contributed by atoms with E-state index in [1.54, 1.807) is 48.5 Å². The maximum absolute atomic E-state index is 12.9. The first-order chi connectivity index (χ1) is 18.5. The fourth-order valence-electron chi connectivity index (χ4n) is 4.17. The Hall–Kier alpha value is -3.67. The summed E-state index contributed by atoms with van der Waals surface area (Å²) in [7, 11) is 0. The van der Waals surface area contributed by atoms with Crippen LogP contribution in [0.2, 0.25) is 5.02 Å². The third kappa shape index (κ3) is 9.24. The number of aliphatic hydroxyl groups is 1. The lowest BCUT2D eigenvalue weighted by Gasteiger charge is -2.24. The molecule has 1 aliphatic rings. The summed E-state index contributed by atoms with van der Waals surface area (Å²) in [5.41, 5.74) is 1.79.